The molecule has 2 aromatic heterocycles. The number of esters is 1. The summed E-state index contributed by atoms with van der Waals surface area (Å²) < 4.78 is 21.8. The molecule has 2 aromatic rings. The van der Waals surface area contributed by atoms with Gasteiger partial charge in [0.15, 0.2) is 17.3 Å². The van der Waals surface area contributed by atoms with Crippen molar-refractivity contribution in [3.05, 3.63) is 36.2 Å². The summed E-state index contributed by atoms with van der Waals surface area (Å²) in [6.45, 7) is 6.14. The first-order valence-corrected chi connectivity index (χ1v) is 11.7. The summed E-state index contributed by atoms with van der Waals surface area (Å²) in [6.07, 6.45) is 3.21. The summed E-state index contributed by atoms with van der Waals surface area (Å²) in [5.74, 6) is 0.243. The molecule has 2 bridgehead atoms. The second-order valence-electron chi connectivity index (χ2n) is 9.21. The number of rotatable bonds is 5. The number of hydrogen-bond donors (Lipinski definition) is 1. The van der Waals surface area contributed by atoms with Gasteiger partial charge in [-0.1, -0.05) is 0 Å². The Morgan fingerprint density at radius 1 is 1.26 bits per heavy atom. The molecule has 0 aromatic carbocycles. The van der Waals surface area contributed by atoms with Crippen LogP contribution in [0.4, 0.5) is 22.1 Å². The number of ether oxygens (including phenoxy) is 4. The Bertz CT molecular complexity index is 1110. The molecule has 0 radical (unpaired) electrons. The number of urea groups is 1. The SMILES string of the molecule is COC(=O)c1ccc2c(n1)N(C(=O)Nc1ccc(OCC3COC(C)(C)O3)cn1)[C@H]1CCCN2C1. The van der Waals surface area contributed by atoms with Gasteiger partial charge in [-0.15, -0.1) is 0 Å². The lowest BCUT2D eigenvalue weighted by Crippen LogP contribution is -2.56. The lowest BCUT2D eigenvalue weighted by atomic mass is 10.00. The number of anilines is 3. The van der Waals surface area contributed by atoms with Crippen molar-refractivity contribution in [1.82, 2.24) is 9.97 Å². The van der Waals surface area contributed by atoms with Crippen LogP contribution >= 0.6 is 0 Å². The fraction of sp³-hybridized carbons (Fsp3) is 0.500. The number of carbonyl (C=O) groups excluding carboxylic acids is 2. The van der Waals surface area contributed by atoms with E-state index in [2.05, 4.69) is 20.2 Å². The van der Waals surface area contributed by atoms with Crippen molar-refractivity contribution in [2.75, 3.05) is 48.5 Å². The molecule has 5 rings (SSSR count). The maximum absolute atomic E-state index is 13.4. The minimum absolute atomic E-state index is 0.0582. The topological polar surface area (TPSA) is 115 Å². The van der Waals surface area contributed by atoms with E-state index in [1.807, 2.05) is 19.9 Å². The van der Waals surface area contributed by atoms with Crippen LogP contribution in [0, 0.1) is 0 Å². The molecular weight excluding hydrogens is 454 g/mol. The van der Waals surface area contributed by atoms with E-state index in [1.165, 1.54) is 7.11 Å². The summed E-state index contributed by atoms with van der Waals surface area (Å²) in [7, 11) is 1.31. The Balaban J connectivity index is 1.28. The van der Waals surface area contributed by atoms with Crippen molar-refractivity contribution in [2.45, 2.75) is 44.6 Å². The quantitative estimate of drug-likeness (QED) is 0.641. The van der Waals surface area contributed by atoms with E-state index in [9.17, 15) is 9.59 Å². The van der Waals surface area contributed by atoms with Crippen LogP contribution in [0.2, 0.25) is 0 Å². The van der Waals surface area contributed by atoms with Crippen molar-refractivity contribution in [3.63, 3.8) is 0 Å². The highest BCUT2D eigenvalue weighted by Crippen LogP contribution is 2.38. The number of fused-ring (bicyclic) bond motifs is 4. The van der Waals surface area contributed by atoms with Gasteiger partial charge in [-0.3, -0.25) is 10.2 Å². The first-order valence-electron chi connectivity index (χ1n) is 11.7. The fourth-order valence-electron chi connectivity index (χ4n) is 4.65. The predicted octanol–water partition coefficient (Wildman–Crippen LogP) is 2.81. The number of hydrogen-bond acceptors (Lipinski definition) is 9. The fourth-order valence-corrected chi connectivity index (χ4v) is 4.65. The first kappa shape index (κ1) is 23.3. The van der Waals surface area contributed by atoms with Crippen LogP contribution in [0.25, 0.3) is 0 Å². The van der Waals surface area contributed by atoms with Crippen molar-refractivity contribution in [3.8, 4) is 5.75 Å². The molecule has 2 saturated heterocycles. The maximum atomic E-state index is 13.4. The van der Waals surface area contributed by atoms with Crippen LogP contribution in [0.3, 0.4) is 0 Å². The van der Waals surface area contributed by atoms with Gasteiger partial charge in [0.05, 0.1) is 31.6 Å². The summed E-state index contributed by atoms with van der Waals surface area (Å²) in [6, 6.07) is 6.45. The minimum Gasteiger partial charge on any atom is -0.489 e. The van der Waals surface area contributed by atoms with Crippen molar-refractivity contribution < 1.29 is 28.5 Å². The molecule has 1 N–H and O–H groups in total. The van der Waals surface area contributed by atoms with E-state index in [1.54, 1.807) is 29.3 Å². The average molecular weight is 484 g/mol. The zero-order valence-electron chi connectivity index (χ0n) is 20.0. The van der Waals surface area contributed by atoms with Gasteiger partial charge in [-0.05, 0) is 51.0 Å². The molecule has 0 saturated carbocycles. The monoisotopic (exact) mass is 483 g/mol. The van der Waals surface area contributed by atoms with Gasteiger partial charge in [0.2, 0.25) is 0 Å². The third-order valence-corrected chi connectivity index (χ3v) is 6.27. The molecule has 186 valence electrons. The third kappa shape index (κ3) is 4.87. The van der Waals surface area contributed by atoms with Gasteiger partial charge in [0, 0.05) is 13.1 Å². The number of pyridine rings is 2. The van der Waals surface area contributed by atoms with Crippen LogP contribution in [0.5, 0.6) is 5.75 Å². The normalized spacial score (nSPS) is 22.4. The lowest BCUT2D eigenvalue weighted by Gasteiger charge is -2.45. The van der Waals surface area contributed by atoms with E-state index < -0.39 is 11.8 Å². The summed E-state index contributed by atoms with van der Waals surface area (Å²) in [5.41, 5.74) is 0.978. The van der Waals surface area contributed by atoms with E-state index in [0.29, 0.717) is 37.1 Å². The second kappa shape index (κ2) is 9.31. The van der Waals surface area contributed by atoms with E-state index in [-0.39, 0.29) is 23.9 Å². The van der Waals surface area contributed by atoms with Crippen molar-refractivity contribution in [2.24, 2.45) is 0 Å². The zero-order valence-corrected chi connectivity index (χ0v) is 20.0. The summed E-state index contributed by atoms with van der Waals surface area (Å²) in [5, 5.41) is 2.85. The molecule has 2 amide bonds. The molecule has 5 heterocycles. The number of amides is 2. The molecule has 11 heteroatoms. The molecule has 3 aliphatic rings. The Morgan fingerprint density at radius 3 is 2.83 bits per heavy atom. The largest absolute Gasteiger partial charge is 0.489 e. The van der Waals surface area contributed by atoms with Gasteiger partial charge >= 0.3 is 12.0 Å². The van der Waals surface area contributed by atoms with Crippen molar-refractivity contribution >= 4 is 29.3 Å². The van der Waals surface area contributed by atoms with E-state index in [0.717, 1.165) is 25.1 Å². The van der Waals surface area contributed by atoms with E-state index in [4.69, 9.17) is 18.9 Å². The van der Waals surface area contributed by atoms with Gasteiger partial charge in [-0.2, -0.15) is 0 Å². The van der Waals surface area contributed by atoms with Crippen LogP contribution in [-0.2, 0) is 14.2 Å². The van der Waals surface area contributed by atoms with Gasteiger partial charge in [0.25, 0.3) is 0 Å². The van der Waals surface area contributed by atoms with Crippen molar-refractivity contribution in [1.29, 1.82) is 0 Å². The molecule has 3 aliphatic heterocycles. The molecule has 2 fully saturated rings. The molecule has 1 unspecified atom stereocenters. The zero-order chi connectivity index (χ0) is 24.6. The molecule has 0 spiro atoms. The maximum Gasteiger partial charge on any atom is 0.356 e. The number of nitrogens with one attached hydrogen (secondary N) is 1. The lowest BCUT2D eigenvalue weighted by molar-refractivity contribution is -0.141. The van der Waals surface area contributed by atoms with Gasteiger partial charge < -0.3 is 23.8 Å². The highest BCUT2D eigenvalue weighted by Gasteiger charge is 2.39. The predicted molar refractivity (Wildman–Crippen MR) is 127 cm³/mol. The Labute approximate surface area is 203 Å². The third-order valence-electron chi connectivity index (χ3n) is 6.27. The Hall–Kier alpha value is -3.44. The van der Waals surface area contributed by atoms with Crippen LogP contribution in [0.15, 0.2) is 30.5 Å². The molecule has 0 aliphatic carbocycles. The van der Waals surface area contributed by atoms with Crippen LogP contribution < -0.4 is 19.9 Å². The number of methoxy groups -OCH3 is 1. The van der Waals surface area contributed by atoms with E-state index >= 15 is 0 Å². The molecule has 35 heavy (non-hydrogen) atoms. The van der Waals surface area contributed by atoms with Crippen LogP contribution in [0.1, 0.15) is 37.2 Å². The standard InChI is InChI=1S/C24H29N5O6/c1-24(2)34-14-17(35-24)13-33-16-6-9-20(25-11-16)27-23(31)29-15-5-4-10-28(12-15)19-8-7-18(22(30)32-3)26-21(19)29/h6-9,11,15,17H,4-5,10,12-14H2,1-3H3,(H,25,27,31)/t15-,17?/m0/s1. The average Bonchev–Trinajstić information content (AvgIpc) is 3.21. The number of aromatic nitrogens is 2. The smallest absolute Gasteiger partial charge is 0.356 e. The first-order chi connectivity index (χ1) is 16.8. The Morgan fingerprint density at radius 2 is 2.11 bits per heavy atom. The van der Waals surface area contributed by atoms with Gasteiger partial charge in [-0.25, -0.2) is 19.6 Å². The summed E-state index contributed by atoms with van der Waals surface area (Å²) in [4.78, 5) is 38.1. The molecule has 11 nitrogen and oxygen atoms in total. The number of carbonyl (C=O) groups is 2. The Kier molecular flexibility index (Phi) is 6.20. The highest BCUT2D eigenvalue weighted by atomic mass is 16.7. The minimum atomic E-state index is -0.602. The molecular formula is C24H29N5O6. The van der Waals surface area contributed by atoms with Gasteiger partial charge in [0.1, 0.15) is 24.3 Å². The molecule has 2 atom stereocenters. The number of nitrogens with zero attached hydrogens (tertiary/aromatic N) is 4. The highest BCUT2D eigenvalue weighted by molar-refractivity contribution is 6.04. The summed E-state index contributed by atoms with van der Waals surface area (Å²) >= 11 is 0. The van der Waals surface area contributed by atoms with Crippen LogP contribution in [-0.4, -0.2) is 73.3 Å². The second-order valence-corrected chi connectivity index (χ2v) is 9.21. The number of piperidine rings is 1.